The predicted octanol–water partition coefficient (Wildman–Crippen LogP) is 3.50. The Hall–Kier alpha value is -1.68. The fourth-order valence-corrected chi connectivity index (χ4v) is 2.49. The highest BCUT2D eigenvalue weighted by molar-refractivity contribution is 6.30. The number of fused-ring (bicyclic) bond motifs is 1. The van der Waals surface area contributed by atoms with Crippen LogP contribution >= 0.6 is 11.6 Å². The first-order valence-electron chi connectivity index (χ1n) is 6.37. The molecule has 3 rings (SSSR count). The van der Waals surface area contributed by atoms with Gasteiger partial charge in [-0.3, -0.25) is 4.98 Å². The summed E-state index contributed by atoms with van der Waals surface area (Å²) in [5, 5.41) is 0.553. The summed E-state index contributed by atoms with van der Waals surface area (Å²) in [6.07, 6.45) is 7.53. The van der Waals surface area contributed by atoms with Gasteiger partial charge in [-0.1, -0.05) is 11.6 Å². The number of ether oxygens (including phenoxy) is 1. The van der Waals surface area contributed by atoms with Crippen molar-refractivity contribution in [3.63, 3.8) is 0 Å². The molecule has 0 aromatic carbocycles. The molecular formula is C14H14ClN3O. The topological polar surface area (TPSA) is 47.9 Å². The van der Waals surface area contributed by atoms with E-state index in [1.54, 1.807) is 18.5 Å². The van der Waals surface area contributed by atoms with Gasteiger partial charge in [0.15, 0.2) is 0 Å². The average molecular weight is 276 g/mol. The molecular weight excluding hydrogens is 262 g/mol. The lowest BCUT2D eigenvalue weighted by molar-refractivity contribution is 0.443. The maximum atomic E-state index is 5.91. The van der Waals surface area contributed by atoms with Crippen molar-refractivity contribution in [2.75, 3.05) is 0 Å². The molecule has 0 fully saturated rings. The van der Waals surface area contributed by atoms with Crippen molar-refractivity contribution >= 4 is 11.6 Å². The minimum absolute atomic E-state index is 0.553. The number of nitrogens with zero attached hydrogens (tertiary/aromatic N) is 3. The van der Waals surface area contributed by atoms with E-state index in [0.29, 0.717) is 16.7 Å². The zero-order valence-corrected chi connectivity index (χ0v) is 11.4. The summed E-state index contributed by atoms with van der Waals surface area (Å²) >= 11 is 5.91. The Bertz CT molecular complexity index is 616. The Morgan fingerprint density at radius 3 is 2.84 bits per heavy atom. The van der Waals surface area contributed by atoms with Gasteiger partial charge in [-0.2, -0.15) is 4.98 Å². The molecule has 5 heteroatoms. The van der Waals surface area contributed by atoms with Crippen molar-refractivity contribution in [2.24, 2.45) is 0 Å². The van der Waals surface area contributed by atoms with E-state index < -0.39 is 0 Å². The summed E-state index contributed by atoms with van der Waals surface area (Å²) in [6, 6.07) is 1.74. The maximum Gasteiger partial charge on any atom is 0.226 e. The standard InChI is InChI=1S/C14H14ClN3O/c1-9-17-13-5-3-2-4-12(13)14(18-9)19-11-6-10(15)7-16-8-11/h6-8H,2-5H2,1H3. The molecule has 98 valence electrons. The van der Waals surface area contributed by atoms with Gasteiger partial charge in [0, 0.05) is 17.8 Å². The Labute approximate surface area is 116 Å². The molecule has 0 atom stereocenters. The first-order valence-corrected chi connectivity index (χ1v) is 6.75. The number of halogens is 1. The maximum absolute atomic E-state index is 5.91. The van der Waals surface area contributed by atoms with Gasteiger partial charge in [0.25, 0.3) is 0 Å². The van der Waals surface area contributed by atoms with E-state index in [-0.39, 0.29) is 0 Å². The molecule has 2 heterocycles. The molecule has 19 heavy (non-hydrogen) atoms. The van der Waals surface area contributed by atoms with E-state index in [9.17, 15) is 0 Å². The summed E-state index contributed by atoms with van der Waals surface area (Å²) in [4.78, 5) is 12.9. The van der Waals surface area contributed by atoms with Crippen LogP contribution in [-0.2, 0) is 12.8 Å². The van der Waals surface area contributed by atoms with Gasteiger partial charge >= 0.3 is 0 Å². The van der Waals surface area contributed by atoms with Gasteiger partial charge < -0.3 is 4.74 Å². The summed E-state index contributed by atoms with van der Waals surface area (Å²) in [5.74, 6) is 2.00. The van der Waals surface area contributed by atoms with Gasteiger partial charge in [0.1, 0.15) is 11.6 Å². The molecule has 0 N–H and O–H groups in total. The summed E-state index contributed by atoms with van der Waals surface area (Å²) in [7, 11) is 0. The summed E-state index contributed by atoms with van der Waals surface area (Å²) in [5.41, 5.74) is 2.24. The number of aromatic nitrogens is 3. The van der Waals surface area contributed by atoms with Crippen molar-refractivity contribution in [1.82, 2.24) is 15.0 Å². The zero-order chi connectivity index (χ0) is 13.2. The zero-order valence-electron chi connectivity index (χ0n) is 10.7. The number of hydrogen-bond acceptors (Lipinski definition) is 4. The molecule has 0 radical (unpaired) electrons. The molecule has 1 aliphatic carbocycles. The lowest BCUT2D eigenvalue weighted by Crippen LogP contribution is -2.10. The smallest absolute Gasteiger partial charge is 0.226 e. The second kappa shape index (κ2) is 5.13. The van der Waals surface area contributed by atoms with Gasteiger partial charge in [0.2, 0.25) is 5.88 Å². The molecule has 0 spiro atoms. The molecule has 2 aromatic rings. The van der Waals surface area contributed by atoms with Crippen LogP contribution in [0.1, 0.15) is 29.9 Å². The highest BCUT2D eigenvalue weighted by atomic mass is 35.5. The molecule has 0 bridgehead atoms. The first kappa shape index (κ1) is 12.4. The van der Waals surface area contributed by atoms with E-state index in [4.69, 9.17) is 16.3 Å². The number of pyridine rings is 1. The van der Waals surface area contributed by atoms with E-state index in [2.05, 4.69) is 15.0 Å². The van der Waals surface area contributed by atoms with Crippen LogP contribution < -0.4 is 4.74 Å². The SMILES string of the molecule is Cc1nc2c(c(Oc3cncc(Cl)c3)n1)CCCC2. The monoisotopic (exact) mass is 275 g/mol. The fourth-order valence-electron chi connectivity index (χ4n) is 2.32. The van der Waals surface area contributed by atoms with Crippen LogP contribution in [0.4, 0.5) is 0 Å². The third-order valence-corrected chi connectivity index (χ3v) is 3.36. The Balaban J connectivity index is 1.98. The molecule has 0 unspecified atom stereocenters. The quantitative estimate of drug-likeness (QED) is 0.841. The molecule has 0 saturated carbocycles. The second-order valence-electron chi connectivity index (χ2n) is 4.65. The second-order valence-corrected chi connectivity index (χ2v) is 5.09. The van der Waals surface area contributed by atoms with E-state index in [1.807, 2.05) is 6.92 Å². The summed E-state index contributed by atoms with van der Waals surface area (Å²) < 4.78 is 5.84. The van der Waals surface area contributed by atoms with Crippen molar-refractivity contribution in [3.05, 3.63) is 40.6 Å². The van der Waals surface area contributed by atoms with E-state index >= 15 is 0 Å². The molecule has 0 aliphatic heterocycles. The van der Waals surface area contributed by atoms with Crippen molar-refractivity contribution in [1.29, 1.82) is 0 Å². The van der Waals surface area contributed by atoms with Crippen LogP contribution in [0.5, 0.6) is 11.6 Å². The van der Waals surface area contributed by atoms with E-state index in [0.717, 1.165) is 36.3 Å². The first-order chi connectivity index (χ1) is 9.22. The van der Waals surface area contributed by atoms with Crippen molar-refractivity contribution in [3.8, 4) is 11.6 Å². The highest BCUT2D eigenvalue weighted by Gasteiger charge is 2.18. The van der Waals surface area contributed by atoms with Crippen LogP contribution in [0.15, 0.2) is 18.5 Å². The Kier molecular flexibility index (Phi) is 3.34. The molecule has 4 nitrogen and oxygen atoms in total. The van der Waals surface area contributed by atoms with Crippen LogP contribution in [0.2, 0.25) is 5.02 Å². The van der Waals surface area contributed by atoms with Crippen molar-refractivity contribution < 1.29 is 4.74 Å². The normalized spacial score (nSPS) is 14.0. The van der Waals surface area contributed by atoms with Gasteiger partial charge in [-0.25, -0.2) is 4.98 Å². The third kappa shape index (κ3) is 2.68. The fraction of sp³-hybridized carbons (Fsp3) is 0.357. The van der Waals surface area contributed by atoms with Crippen molar-refractivity contribution in [2.45, 2.75) is 32.6 Å². The average Bonchev–Trinajstić information content (AvgIpc) is 2.38. The highest BCUT2D eigenvalue weighted by Crippen LogP contribution is 2.30. The van der Waals surface area contributed by atoms with E-state index in [1.165, 1.54) is 6.42 Å². The molecule has 0 amide bonds. The number of aryl methyl sites for hydroxylation is 2. The van der Waals surface area contributed by atoms with Gasteiger partial charge in [-0.15, -0.1) is 0 Å². The van der Waals surface area contributed by atoms with Crippen LogP contribution in [0.3, 0.4) is 0 Å². The predicted molar refractivity (Wildman–Crippen MR) is 72.7 cm³/mol. The largest absolute Gasteiger partial charge is 0.437 e. The Morgan fingerprint density at radius 2 is 2.00 bits per heavy atom. The molecule has 0 saturated heterocycles. The number of hydrogen-bond donors (Lipinski definition) is 0. The third-order valence-electron chi connectivity index (χ3n) is 3.15. The van der Waals surface area contributed by atoms with Gasteiger partial charge in [-0.05, 0) is 32.6 Å². The van der Waals surface area contributed by atoms with Gasteiger partial charge in [0.05, 0.1) is 16.9 Å². The van der Waals surface area contributed by atoms with Crippen LogP contribution in [0, 0.1) is 6.92 Å². The molecule has 1 aliphatic rings. The Morgan fingerprint density at radius 1 is 1.16 bits per heavy atom. The van der Waals surface area contributed by atoms with Crippen LogP contribution in [-0.4, -0.2) is 15.0 Å². The van der Waals surface area contributed by atoms with Crippen LogP contribution in [0.25, 0.3) is 0 Å². The minimum atomic E-state index is 0.553. The minimum Gasteiger partial charge on any atom is -0.437 e. The number of rotatable bonds is 2. The summed E-state index contributed by atoms with van der Waals surface area (Å²) in [6.45, 7) is 1.89. The lowest BCUT2D eigenvalue weighted by atomic mass is 9.97. The molecule has 2 aromatic heterocycles. The lowest BCUT2D eigenvalue weighted by Gasteiger charge is -2.18.